The van der Waals surface area contributed by atoms with Crippen LogP contribution in [0.2, 0.25) is 0 Å². The van der Waals surface area contributed by atoms with E-state index in [1.165, 1.54) is 24.0 Å². The average Bonchev–Trinajstić information content (AvgIpc) is 3.50. The molecular formula is C25H21F4N3O3. The normalized spacial score (nSPS) is 11.0. The maximum absolute atomic E-state index is 13.9. The van der Waals surface area contributed by atoms with Gasteiger partial charge in [0.1, 0.15) is 23.9 Å². The SMILES string of the molecule is CCCc1ccc(OCc2ccc(C(=O)Nc3cnn(Cc4c(F)cc(F)c(F)c4F)c3)o2)cc1. The summed E-state index contributed by atoms with van der Waals surface area (Å²) < 4.78 is 66.5. The lowest BCUT2D eigenvalue weighted by Gasteiger charge is -2.07. The number of anilines is 1. The average molecular weight is 487 g/mol. The summed E-state index contributed by atoms with van der Waals surface area (Å²) in [7, 11) is 0. The summed E-state index contributed by atoms with van der Waals surface area (Å²) in [5, 5.41) is 6.42. The lowest BCUT2D eigenvalue weighted by Crippen LogP contribution is -2.11. The Morgan fingerprint density at radius 3 is 2.57 bits per heavy atom. The smallest absolute Gasteiger partial charge is 0.291 e. The molecule has 0 atom stereocenters. The van der Waals surface area contributed by atoms with E-state index >= 15 is 0 Å². The molecule has 0 unspecified atom stereocenters. The number of rotatable bonds is 9. The van der Waals surface area contributed by atoms with E-state index in [1.54, 1.807) is 6.07 Å². The molecule has 6 nitrogen and oxygen atoms in total. The zero-order valence-corrected chi connectivity index (χ0v) is 18.7. The maximum Gasteiger partial charge on any atom is 0.291 e. The molecule has 182 valence electrons. The van der Waals surface area contributed by atoms with Gasteiger partial charge in [0, 0.05) is 17.8 Å². The van der Waals surface area contributed by atoms with Gasteiger partial charge in [0.05, 0.1) is 18.4 Å². The summed E-state index contributed by atoms with van der Waals surface area (Å²) in [5.74, 6) is -5.72. The number of hydrogen-bond acceptors (Lipinski definition) is 4. The van der Waals surface area contributed by atoms with E-state index < -0.39 is 41.3 Å². The van der Waals surface area contributed by atoms with Crippen molar-refractivity contribution < 1.29 is 31.5 Å². The third-order valence-corrected chi connectivity index (χ3v) is 5.15. The highest BCUT2D eigenvalue weighted by Gasteiger charge is 2.20. The van der Waals surface area contributed by atoms with E-state index in [0.717, 1.165) is 17.5 Å². The summed E-state index contributed by atoms with van der Waals surface area (Å²) in [6, 6.07) is 11.1. The molecule has 1 amide bonds. The Kier molecular flexibility index (Phi) is 7.19. The van der Waals surface area contributed by atoms with Crippen LogP contribution in [-0.2, 0) is 19.6 Å². The topological polar surface area (TPSA) is 69.3 Å². The minimum Gasteiger partial charge on any atom is -0.486 e. The summed E-state index contributed by atoms with van der Waals surface area (Å²) in [5.41, 5.74) is 0.737. The number of amides is 1. The maximum atomic E-state index is 13.9. The van der Waals surface area contributed by atoms with Gasteiger partial charge < -0.3 is 14.5 Å². The van der Waals surface area contributed by atoms with Crippen molar-refractivity contribution in [3.8, 4) is 5.75 Å². The quantitative estimate of drug-likeness (QED) is 0.182. The van der Waals surface area contributed by atoms with E-state index in [-0.39, 0.29) is 24.1 Å². The lowest BCUT2D eigenvalue weighted by molar-refractivity contribution is 0.0992. The molecule has 0 radical (unpaired) electrons. The van der Waals surface area contributed by atoms with Crippen LogP contribution in [0.15, 0.2) is 59.3 Å². The number of aromatic nitrogens is 2. The Labute approximate surface area is 198 Å². The Hall–Kier alpha value is -4.08. The second-order valence-electron chi connectivity index (χ2n) is 7.78. The van der Waals surface area contributed by atoms with Crippen LogP contribution in [0.5, 0.6) is 5.75 Å². The summed E-state index contributed by atoms with van der Waals surface area (Å²) in [6.07, 6.45) is 4.58. The third-order valence-electron chi connectivity index (χ3n) is 5.15. The molecular weight excluding hydrogens is 466 g/mol. The highest BCUT2D eigenvalue weighted by atomic mass is 19.2. The van der Waals surface area contributed by atoms with Gasteiger partial charge in [-0.15, -0.1) is 0 Å². The predicted molar refractivity (Wildman–Crippen MR) is 119 cm³/mol. The van der Waals surface area contributed by atoms with Crippen LogP contribution in [0.3, 0.4) is 0 Å². The van der Waals surface area contributed by atoms with Crippen LogP contribution in [-0.4, -0.2) is 15.7 Å². The van der Waals surface area contributed by atoms with Gasteiger partial charge in [-0.05, 0) is 36.2 Å². The first-order valence-electron chi connectivity index (χ1n) is 10.8. The molecule has 0 bridgehead atoms. The Morgan fingerprint density at radius 2 is 1.83 bits per heavy atom. The number of ether oxygens (including phenoxy) is 1. The fraction of sp³-hybridized carbons (Fsp3) is 0.200. The standard InChI is InChI=1S/C25H21F4N3O3/c1-2-3-15-4-6-17(7-5-15)34-14-18-8-9-22(35-18)25(33)31-16-11-30-32(12-16)13-19-20(26)10-21(27)24(29)23(19)28/h4-12H,2-3,13-14H2,1H3,(H,31,33). The van der Waals surface area contributed by atoms with Crippen molar-refractivity contribution in [3.05, 3.63) is 101 Å². The number of nitrogens with one attached hydrogen (secondary N) is 1. The number of carbonyl (C=O) groups excluding carboxylic acids is 1. The van der Waals surface area contributed by atoms with Crippen molar-refractivity contribution >= 4 is 11.6 Å². The minimum atomic E-state index is -1.77. The minimum absolute atomic E-state index is 0.0207. The molecule has 2 aromatic heterocycles. The Balaban J connectivity index is 1.34. The van der Waals surface area contributed by atoms with E-state index in [9.17, 15) is 22.4 Å². The van der Waals surface area contributed by atoms with Crippen molar-refractivity contribution in [3.63, 3.8) is 0 Å². The van der Waals surface area contributed by atoms with Crippen molar-refractivity contribution in [2.75, 3.05) is 5.32 Å². The Morgan fingerprint density at radius 1 is 1.06 bits per heavy atom. The summed E-state index contributed by atoms with van der Waals surface area (Å²) in [6.45, 7) is 1.73. The van der Waals surface area contributed by atoms with Gasteiger partial charge in [-0.2, -0.15) is 5.10 Å². The number of benzene rings is 2. The van der Waals surface area contributed by atoms with E-state index in [0.29, 0.717) is 11.5 Å². The lowest BCUT2D eigenvalue weighted by atomic mass is 10.1. The number of carbonyl (C=O) groups is 1. The first-order valence-corrected chi connectivity index (χ1v) is 10.8. The monoisotopic (exact) mass is 487 g/mol. The van der Waals surface area contributed by atoms with Gasteiger partial charge in [0.2, 0.25) is 0 Å². The fourth-order valence-corrected chi connectivity index (χ4v) is 3.39. The molecule has 4 aromatic rings. The van der Waals surface area contributed by atoms with Crippen molar-refractivity contribution in [2.45, 2.75) is 32.9 Å². The van der Waals surface area contributed by atoms with Crippen LogP contribution >= 0.6 is 0 Å². The molecule has 0 saturated heterocycles. The summed E-state index contributed by atoms with van der Waals surface area (Å²) in [4.78, 5) is 12.5. The largest absolute Gasteiger partial charge is 0.486 e. The number of furan rings is 1. The number of halogens is 4. The molecule has 0 fully saturated rings. The van der Waals surface area contributed by atoms with Gasteiger partial charge in [-0.1, -0.05) is 25.5 Å². The second-order valence-corrected chi connectivity index (χ2v) is 7.78. The van der Waals surface area contributed by atoms with E-state index in [2.05, 4.69) is 17.3 Å². The molecule has 0 saturated carbocycles. The van der Waals surface area contributed by atoms with Gasteiger partial charge >= 0.3 is 0 Å². The van der Waals surface area contributed by atoms with E-state index in [4.69, 9.17) is 9.15 Å². The first-order chi connectivity index (χ1) is 16.8. The van der Waals surface area contributed by atoms with Gasteiger partial charge in [-0.25, -0.2) is 17.6 Å². The number of aryl methyl sites for hydroxylation is 1. The number of hydrogen-bond donors (Lipinski definition) is 1. The fourth-order valence-electron chi connectivity index (χ4n) is 3.39. The molecule has 35 heavy (non-hydrogen) atoms. The van der Waals surface area contributed by atoms with Crippen LogP contribution in [0.25, 0.3) is 0 Å². The van der Waals surface area contributed by atoms with Crippen LogP contribution in [0.1, 0.15) is 40.8 Å². The first kappa shape index (κ1) is 24.1. The Bertz CT molecular complexity index is 1330. The van der Waals surface area contributed by atoms with Crippen LogP contribution in [0, 0.1) is 23.3 Å². The second kappa shape index (κ2) is 10.5. The molecule has 10 heteroatoms. The van der Waals surface area contributed by atoms with E-state index in [1.807, 2.05) is 24.3 Å². The van der Waals surface area contributed by atoms with Gasteiger partial charge in [0.25, 0.3) is 5.91 Å². The molecule has 0 aliphatic carbocycles. The van der Waals surface area contributed by atoms with Crippen molar-refractivity contribution in [1.29, 1.82) is 0 Å². The zero-order valence-electron chi connectivity index (χ0n) is 18.7. The predicted octanol–water partition coefficient (Wildman–Crippen LogP) is 5.86. The molecule has 0 spiro atoms. The molecule has 1 N–H and O–H groups in total. The van der Waals surface area contributed by atoms with Gasteiger partial charge in [-0.3, -0.25) is 9.48 Å². The van der Waals surface area contributed by atoms with Crippen molar-refractivity contribution in [1.82, 2.24) is 9.78 Å². The van der Waals surface area contributed by atoms with Crippen LogP contribution in [0.4, 0.5) is 23.2 Å². The molecule has 2 heterocycles. The summed E-state index contributed by atoms with van der Waals surface area (Å²) >= 11 is 0. The van der Waals surface area contributed by atoms with Crippen molar-refractivity contribution in [2.24, 2.45) is 0 Å². The highest BCUT2D eigenvalue weighted by Crippen LogP contribution is 2.21. The molecule has 0 aliphatic heterocycles. The molecule has 0 aliphatic rings. The number of nitrogens with zero attached hydrogens (tertiary/aromatic N) is 2. The highest BCUT2D eigenvalue weighted by molar-refractivity contribution is 6.02. The van der Waals surface area contributed by atoms with Gasteiger partial charge in [0.15, 0.2) is 23.2 Å². The molecule has 4 rings (SSSR count). The zero-order chi connectivity index (χ0) is 24.9. The van der Waals surface area contributed by atoms with Crippen LogP contribution < -0.4 is 10.1 Å². The third kappa shape index (κ3) is 5.71. The molecule has 2 aromatic carbocycles.